The molecule has 2 unspecified atom stereocenters. The van der Waals surface area contributed by atoms with Gasteiger partial charge in [-0.25, -0.2) is 19.3 Å². The zero-order valence-corrected chi connectivity index (χ0v) is 16.8. The van der Waals surface area contributed by atoms with E-state index in [2.05, 4.69) is 41.3 Å². The Balaban J connectivity index is 1.53. The van der Waals surface area contributed by atoms with E-state index in [1.807, 2.05) is 13.8 Å². The maximum absolute atomic E-state index is 12.2. The highest BCUT2D eigenvalue weighted by Gasteiger charge is 2.42. The summed E-state index contributed by atoms with van der Waals surface area (Å²) in [7, 11) is 0. The molecule has 7 heteroatoms. The standard InChI is InChI=1S/C21H20N4O2S/c1-4-27-21(26)17-12(3)16-19-23-18(24-25(19)10-22-20(16)28-17)15-9-14(15)13-7-5-11(2)6-8-13/h5-8,10,14-15H,4,9H2,1-3H3. The topological polar surface area (TPSA) is 69.4 Å². The number of hydrogen-bond donors (Lipinski definition) is 0. The number of esters is 1. The summed E-state index contributed by atoms with van der Waals surface area (Å²) in [6.07, 6.45) is 2.75. The number of rotatable bonds is 4. The van der Waals surface area contributed by atoms with Crippen molar-refractivity contribution in [1.29, 1.82) is 0 Å². The minimum atomic E-state index is -0.303. The van der Waals surface area contributed by atoms with Crippen LogP contribution in [-0.2, 0) is 4.74 Å². The summed E-state index contributed by atoms with van der Waals surface area (Å²) < 4.78 is 6.91. The molecule has 0 bridgehead atoms. The Morgan fingerprint density at radius 3 is 2.79 bits per heavy atom. The molecule has 1 fully saturated rings. The molecule has 1 aromatic carbocycles. The largest absolute Gasteiger partial charge is 0.462 e. The predicted molar refractivity (Wildman–Crippen MR) is 108 cm³/mol. The van der Waals surface area contributed by atoms with E-state index in [-0.39, 0.29) is 5.97 Å². The third-order valence-corrected chi connectivity index (χ3v) is 6.55. The zero-order valence-electron chi connectivity index (χ0n) is 16.0. The lowest BCUT2D eigenvalue weighted by atomic mass is 10.1. The van der Waals surface area contributed by atoms with Gasteiger partial charge < -0.3 is 4.74 Å². The zero-order chi connectivity index (χ0) is 19.4. The number of aromatic nitrogens is 4. The predicted octanol–water partition coefficient (Wildman–Crippen LogP) is 4.40. The SMILES string of the molecule is CCOC(=O)c1sc2ncn3nc(C4CC4c4ccc(C)cc4)nc3c2c1C. The molecule has 142 valence electrons. The molecule has 0 radical (unpaired) electrons. The van der Waals surface area contributed by atoms with Gasteiger partial charge in [-0.3, -0.25) is 0 Å². The van der Waals surface area contributed by atoms with Crippen LogP contribution in [0.25, 0.3) is 15.9 Å². The van der Waals surface area contributed by atoms with E-state index in [1.54, 1.807) is 10.8 Å². The molecule has 3 heterocycles. The molecule has 1 aliphatic carbocycles. The second kappa shape index (κ2) is 6.38. The van der Waals surface area contributed by atoms with Crippen LogP contribution in [0.2, 0.25) is 0 Å². The highest BCUT2D eigenvalue weighted by Crippen LogP contribution is 2.53. The highest BCUT2D eigenvalue weighted by molar-refractivity contribution is 7.20. The van der Waals surface area contributed by atoms with Gasteiger partial charge >= 0.3 is 5.97 Å². The number of nitrogens with zero attached hydrogens (tertiary/aromatic N) is 4. The average molecular weight is 392 g/mol. The van der Waals surface area contributed by atoms with Gasteiger partial charge in [0.1, 0.15) is 16.0 Å². The first-order valence-corrected chi connectivity index (χ1v) is 10.3. The van der Waals surface area contributed by atoms with E-state index in [9.17, 15) is 4.79 Å². The number of hydrogen-bond acceptors (Lipinski definition) is 6. The number of thiophene rings is 1. The van der Waals surface area contributed by atoms with Crippen LogP contribution < -0.4 is 0 Å². The monoisotopic (exact) mass is 392 g/mol. The van der Waals surface area contributed by atoms with E-state index >= 15 is 0 Å². The van der Waals surface area contributed by atoms with Gasteiger partial charge in [-0.15, -0.1) is 16.4 Å². The summed E-state index contributed by atoms with van der Waals surface area (Å²) in [5.41, 5.74) is 4.24. The van der Waals surface area contributed by atoms with Crippen molar-refractivity contribution < 1.29 is 9.53 Å². The minimum absolute atomic E-state index is 0.303. The van der Waals surface area contributed by atoms with Crippen LogP contribution in [0.15, 0.2) is 30.6 Å². The molecule has 28 heavy (non-hydrogen) atoms. The van der Waals surface area contributed by atoms with Crippen molar-refractivity contribution >= 4 is 33.2 Å². The third-order valence-electron chi connectivity index (χ3n) is 5.37. The molecule has 2 atom stereocenters. The van der Waals surface area contributed by atoms with E-state index in [0.717, 1.165) is 33.7 Å². The Kier molecular flexibility index (Phi) is 3.94. The van der Waals surface area contributed by atoms with Crippen molar-refractivity contribution in [3.8, 4) is 0 Å². The first kappa shape index (κ1) is 17.3. The average Bonchev–Trinajstić information content (AvgIpc) is 3.24. The third kappa shape index (κ3) is 2.69. The van der Waals surface area contributed by atoms with Gasteiger partial charge in [-0.05, 0) is 44.2 Å². The molecule has 1 aliphatic rings. The molecule has 0 aliphatic heterocycles. The second-order valence-electron chi connectivity index (χ2n) is 7.30. The van der Waals surface area contributed by atoms with Crippen LogP contribution in [0.1, 0.15) is 57.4 Å². The van der Waals surface area contributed by atoms with Crippen LogP contribution in [0.4, 0.5) is 0 Å². The fraction of sp³-hybridized carbons (Fsp3) is 0.333. The van der Waals surface area contributed by atoms with Crippen LogP contribution >= 0.6 is 11.3 Å². The van der Waals surface area contributed by atoms with Gasteiger partial charge in [0.2, 0.25) is 0 Å². The van der Waals surface area contributed by atoms with Gasteiger partial charge in [0.15, 0.2) is 11.5 Å². The van der Waals surface area contributed by atoms with Gasteiger partial charge in [-0.1, -0.05) is 29.8 Å². The normalized spacial score (nSPS) is 18.7. The molecule has 0 saturated heterocycles. The van der Waals surface area contributed by atoms with Crippen molar-refractivity contribution in [3.63, 3.8) is 0 Å². The van der Waals surface area contributed by atoms with E-state index in [4.69, 9.17) is 9.72 Å². The molecule has 3 aromatic heterocycles. The first-order chi connectivity index (χ1) is 13.6. The maximum Gasteiger partial charge on any atom is 0.348 e. The van der Waals surface area contributed by atoms with Gasteiger partial charge in [0.25, 0.3) is 0 Å². The van der Waals surface area contributed by atoms with Crippen LogP contribution in [0, 0.1) is 13.8 Å². The summed E-state index contributed by atoms with van der Waals surface area (Å²) in [6.45, 7) is 6.19. The summed E-state index contributed by atoms with van der Waals surface area (Å²) in [5.74, 6) is 1.35. The Labute approximate surface area is 166 Å². The molecule has 5 rings (SSSR count). The molecular weight excluding hydrogens is 372 g/mol. The van der Waals surface area contributed by atoms with Crippen molar-refractivity contribution in [2.75, 3.05) is 6.61 Å². The minimum Gasteiger partial charge on any atom is -0.462 e. The lowest BCUT2D eigenvalue weighted by Gasteiger charge is -1.99. The van der Waals surface area contributed by atoms with E-state index < -0.39 is 0 Å². The molecule has 0 N–H and O–H groups in total. The lowest BCUT2D eigenvalue weighted by Crippen LogP contribution is -2.03. The summed E-state index contributed by atoms with van der Waals surface area (Å²) in [6, 6.07) is 8.70. The fourth-order valence-electron chi connectivity index (χ4n) is 3.76. The van der Waals surface area contributed by atoms with Crippen molar-refractivity contribution in [2.45, 2.75) is 39.0 Å². The van der Waals surface area contributed by atoms with Crippen LogP contribution in [0.3, 0.4) is 0 Å². The first-order valence-electron chi connectivity index (χ1n) is 9.45. The molecular formula is C21H20N4O2S. The highest BCUT2D eigenvalue weighted by atomic mass is 32.1. The Morgan fingerprint density at radius 1 is 1.25 bits per heavy atom. The number of benzene rings is 1. The van der Waals surface area contributed by atoms with Crippen LogP contribution in [-0.4, -0.2) is 32.2 Å². The number of aryl methyl sites for hydroxylation is 2. The molecule has 0 spiro atoms. The smallest absolute Gasteiger partial charge is 0.348 e. The summed E-state index contributed by atoms with van der Waals surface area (Å²) >= 11 is 1.35. The summed E-state index contributed by atoms with van der Waals surface area (Å²) in [4.78, 5) is 22.9. The maximum atomic E-state index is 12.2. The van der Waals surface area contributed by atoms with Gasteiger partial charge in [0, 0.05) is 5.92 Å². The molecule has 1 saturated carbocycles. The number of carbonyl (C=O) groups excluding carboxylic acids is 1. The Bertz CT molecular complexity index is 1210. The van der Waals surface area contributed by atoms with E-state index in [1.165, 1.54) is 22.5 Å². The second-order valence-corrected chi connectivity index (χ2v) is 8.30. The quantitative estimate of drug-likeness (QED) is 0.481. The number of ether oxygens (including phenoxy) is 1. The molecule has 0 amide bonds. The Morgan fingerprint density at radius 2 is 2.04 bits per heavy atom. The van der Waals surface area contributed by atoms with Crippen molar-refractivity contribution in [1.82, 2.24) is 19.6 Å². The molecule has 4 aromatic rings. The van der Waals surface area contributed by atoms with Gasteiger partial charge in [0.05, 0.1) is 12.0 Å². The number of carbonyl (C=O) groups is 1. The van der Waals surface area contributed by atoms with E-state index in [0.29, 0.717) is 23.3 Å². The van der Waals surface area contributed by atoms with Crippen molar-refractivity contribution in [2.24, 2.45) is 0 Å². The molecule has 6 nitrogen and oxygen atoms in total. The Hall–Kier alpha value is -2.80. The van der Waals surface area contributed by atoms with Gasteiger partial charge in [-0.2, -0.15) is 0 Å². The van der Waals surface area contributed by atoms with Crippen molar-refractivity contribution in [3.05, 3.63) is 58.0 Å². The fourth-order valence-corrected chi connectivity index (χ4v) is 4.80. The number of fused-ring (bicyclic) bond motifs is 3. The summed E-state index contributed by atoms with van der Waals surface area (Å²) in [5, 5.41) is 5.57. The lowest BCUT2D eigenvalue weighted by molar-refractivity contribution is 0.0531. The van der Waals surface area contributed by atoms with Crippen LogP contribution in [0.5, 0.6) is 0 Å².